The quantitative estimate of drug-likeness (QED) is 0.723. The standard InChI is InChI=1S/C23H21F2NO2/c1-23(2)12-19-22(20(27)13-23)17(16-8-3-4-9-18(16)25)11-21(28)26(19)15-7-5-6-14(24)10-15/h3-10,17H,11-13H2,1-2H3. The maximum absolute atomic E-state index is 14.5. The van der Waals surface area contributed by atoms with Gasteiger partial charge in [-0.3, -0.25) is 14.5 Å². The molecule has 1 heterocycles. The summed E-state index contributed by atoms with van der Waals surface area (Å²) in [5.41, 5.74) is 1.47. The van der Waals surface area contributed by atoms with Crippen molar-refractivity contribution in [3.63, 3.8) is 0 Å². The Balaban J connectivity index is 1.93. The molecule has 1 aliphatic heterocycles. The van der Waals surface area contributed by atoms with Gasteiger partial charge in [-0.1, -0.05) is 38.1 Å². The van der Waals surface area contributed by atoms with Gasteiger partial charge in [0.25, 0.3) is 0 Å². The largest absolute Gasteiger partial charge is 0.294 e. The molecule has 28 heavy (non-hydrogen) atoms. The van der Waals surface area contributed by atoms with Gasteiger partial charge in [-0.05, 0) is 41.7 Å². The Morgan fingerprint density at radius 3 is 2.46 bits per heavy atom. The lowest BCUT2D eigenvalue weighted by Crippen LogP contribution is -2.43. The summed E-state index contributed by atoms with van der Waals surface area (Å²) < 4.78 is 28.3. The number of carbonyl (C=O) groups excluding carboxylic acids is 2. The normalized spacial score (nSPS) is 21.7. The minimum absolute atomic E-state index is 0.0253. The summed E-state index contributed by atoms with van der Waals surface area (Å²) in [5.74, 6) is -1.83. The Labute approximate surface area is 162 Å². The van der Waals surface area contributed by atoms with Gasteiger partial charge in [0.2, 0.25) is 5.91 Å². The maximum Gasteiger partial charge on any atom is 0.232 e. The summed E-state index contributed by atoms with van der Waals surface area (Å²) in [4.78, 5) is 27.7. The van der Waals surface area contributed by atoms with Crippen LogP contribution in [0.1, 0.15) is 44.6 Å². The van der Waals surface area contributed by atoms with Crippen LogP contribution in [-0.2, 0) is 9.59 Å². The highest BCUT2D eigenvalue weighted by Crippen LogP contribution is 2.48. The molecule has 0 radical (unpaired) electrons. The lowest BCUT2D eigenvalue weighted by Gasteiger charge is -2.43. The molecule has 0 saturated heterocycles. The maximum atomic E-state index is 14.5. The van der Waals surface area contributed by atoms with Gasteiger partial charge in [-0.2, -0.15) is 0 Å². The molecule has 5 heteroatoms. The van der Waals surface area contributed by atoms with E-state index in [1.54, 1.807) is 24.3 Å². The number of rotatable bonds is 2. The number of anilines is 1. The van der Waals surface area contributed by atoms with Gasteiger partial charge in [-0.25, -0.2) is 8.78 Å². The Hall–Kier alpha value is -2.82. The molecule has 0 aromatic heterocycles. The van der Waals surface area contributed by atoms with Gasteiger partial charge in [0.15, 0.2) is 5.78 Å². The zero-order valence-corrected chi connectivity index (χ0v) is 15.8. The Morgan fingerprint density at radius 1 is 1.00 bits per heavy atom. The number of Topliss-reactive ketones (excluding diaryl/α,β-unsaturated/α-hetero) is 1. The van der Waals surface area contributed by atoms with Gasteiger partial charge in [0, 0.05) is 30.0 Å². The van der Waals surface area contributed by atoms with Crippen LogP contribution in [0.4, 0.5) is 14.5 Å². The van der Waals surface area contributed by atoms with Gasteiger partial charge in [0.05, 0.1) is 5.69 Å². The molecular formula is C23H21F2NO2. The SMILES string of the molecule is CC1(C)CC(=O)C2=C(C1)N(c1cccc(F)c1)C(=O)CC2c1ccccc1F. The van der Waals surface area contributed by atoms with Gasteiger partial charge >= 0.3 is 0 Å². The molecule has 2 aliphatic rings. The van der Waals surface area contributed by atoms with E-state index in [0.717, 1.165) is 0 Å². The summed E-state index contributed by atoms with van der Waals surface area (Å²) in [6.07, 6.45) is 0.797. The van der Waals surface area contributed by atoms with E-state index < -0.39 is 17.6 Å². The number of amides is 1. The van der Waals surface area contributed by atoms with Crippen LogP contribution in [0.25, 0.3) is 0 Å². The molecule has 1 aliphatic carbocycles. The molecule has 0 saturated carbocycles. The summed E-state index contributed by atoms with van der Waals surface area (Å²) in [6.45, 7) is 3.94. The van der Waals surface area contributed by atoms with Crippen LogP contribution < -0.4 is 4.90 Å². The number of benzene rings is 2. The minimum atomic E-state index is -0.614. The van der Waals surface area contributed by atoms with Crippen molar-refractivity contribution in [2.24, 2.45) is 5.41 Å². The van der Waals surface area contributed by atoms with Crippen LogP contribution in [0.3, 0.4) is 0 Å². The average Bonchev–Trinajstić information content (AvgIpc) is 2.60. The van der Waals surface area contributed by atoms with Crippen molar-refractivity contribution in [2.45, 2.75) is 39.0 Å². The Kier molecular flexibility index (Phi) is 4.41. The fourth-order valence-electron chi connectivity index (χ4n) is 4.35. The highest BCUT2D eigenvalue weighted by atomic mass is 19.1. The molecule has 0 spiro atoms. The smallest absolute Gasteiger partial charge is 0.232 e. The molecule has 0 fully saturated rings. The van der Waals surface area contributed by atoms with Crippen LogP contribution in [0.2, 0.25) is 0 Å². The molecule has 0 bridgehead atoms. The molecule has 2 aromatic rings. The molecule has 0 N–H and O–H groups in total. The fourth-order valence-corrected chi connectivity index (χ4v) is 4.35. The number of halogens is 2. The zero-order valence-electron chi connectivity index (χ0n) is 15.8. The highest BCUT2D eigenvalue weighted by molar-refractivity contribution is 6.07. The Morgan fingerprint density at radius 2 is 1.75 bits per heavy atom. The number of ketones is 1. The second-order valence-corrected chi connectivity index (χ2v) is 8.29. The first-order chi connectivity index (χ1) is 13.3. The Bertz CT molecular complexity index is 1010. The van der Waals surface area contributed by atoms with Crippen molar-refractivity contribution in [1.29, 1.82) is 0 Å². The van der Waals surface area contributed by atoms with Crippen molar-refractivity contribution in [1.82, 2.24) is 0 Å². The van der Waals surface area contributed by atoms with Crippen molar-refractivity contribution < 1.29 is 18.4 Å². The monoisotopic (exact) mass is 381 g/mol. The van der Waals surface area contributed by atoms with E-state index in [0.29, 0.717) is 35.4 Å². The first-order valence-electron chi connectivity index (χ1n) is 9.36. The summed E-state index contributed by atoms with van der Waals surface area (Å²) in [6, 6.07) is 12.1. The summed E-state index contributed by atoms with van der Waals surface area (Å²) >= 11 is 0. The number of hydrogen-bond donors (Lipinski definition) is 0. The molecule has 3 nitrogen and oxygen atoms in total. The molecule has 1 amide bonds. The van der Waals surface area contributed by atoms with E-state index in [4.69, 9.17) is 0 Å². The predicted molar refractivity (Wildman–Crippen MR) is 103 cm³/mol. The fraction of sp³-hybridized carbons (Fsp3) is 0.304. The third-order valence-corrected chi connectivity index (χ3v) is 5.49. The lowest BCUT2D eigenvalue weighted by molar-refractivity contribution is -0.121. The van der Waals surface area contributed by atoms with E-state index in [2.05, 4.69) is 0 Å². The van der Waals surface area contributed by atoms with Gasteiger partial charge in [0.1, 0.15) is 11.6 Å². The number of nitrogens with zero attached hydrogens (tertiary/aromatic N) is 1. The van der Waals surface area contributed by atoms with Crippen molar-refractivity contribution >= 4 is 17.4 Å². The van der Waals surface area contributed by atoms with Crippen LogP contribution in [0.5, 0.6) is 0 Å². The number of hydrogen-bond acceptors (Lipinski definition) is 2. The first-order valence-corrected chi connectivity index (χ1v) is 9.36. The molecule has 4 rings (SSSR count). The molecule has 1 unspecified atom stereocenters. The molecule has 2 aromatic carbocycles. The molecular weight excluding hydrogens is 360 g/mol. The average molecular weight is 381 g/mol. The van der Waals surface area contributed by atoms with Crippen molar-refractivity contribution in [3.05, 3.63) is 77.0 Å². The van der Waals surface area contributed by atoms with Gasteiger partial charge < -0.3 is 0 Å². The third kappa shape index (κ3) is 3.15. The van der Waals surface area contributed by atoms with Crippen molar-refractivity contribution in [3.8, 4) is 0 Å². The highest BCUT2D eigenvalue weighted by Gasteiger charge is 2.44. The van der Waals surface area contributed by atoms with Crippen LogP contribution in [0.15, 0.2) is 59.8 Å². The van der Waals surface area contributed by atoms with E-state index >= 15 is 0 Å². The van der Waals surface area contributed by atoms with E-state index in [-0.39, 0.29) is 23.5 Å². The zero-order chi connectivity index (χ0) is 20.1. The van der Waals surface area contributed by atoms with Crippen LogP contribution >= 0.6 is 0 Å². The third-order valence-electron chi connectivity index (χ3n) is 5.49. The van der Waals surface area contributed by atoms with Crippen molar-refractivity contribution in [2.75, 3.05) is 4.90 Å². The second kappa shape index (κ2) is 6.66. The molecule has 144 valence electrons. The van der Waals surface area contributed by atoms with E-state index in [1.807, 2.05) is 13.8 Å². The topological polar surface area (TPSA) is 37.4 Å². The minimum Gasteiger partial charge on any atom is -0.294 e. The van der Waals surface area contributed by atoms with Gasteiger partial charge in [-0.15, -0.1) is 0 Å². The summed E-state index contributed by atoms with van der Waals surface area (Å²) in [7, 11) is 0. The molecule has 1 atom stereocenters. The van der Waals surface area contributed by atoms with Crippen LogP contribution in [-0.4, -0.2) is 11.7 Å². The lowest BCUT2D eigenvalue weighted by atomic mass is 9.69. The number of allylic oxidation sites excluding steroid dienone is 2. The summed E-state index contributed by atoms with van der Waals surface area (Å²) in [5, 5.41) is 0. The first kappa shape index (κ1) is 18.5. The second-order valence-electron chi connectivity index (χ2n) is 8.29. The van der Waals surface area contributed by atoms with E-state index in [9.17, 15) is 18.4 Å². The van der Waals surface area contributed by atoms with Crippen LogP contribution in [0, 0.1) is 17.0 Å². The number of carbonyl (C=O) groups is 2. The van der Waals surface area contributed by atoms with E-state index in [1.165, 1.54) is 29.2 Å². The predicted octanol–water partition coefficient (Wildman–Crippen LogP) is 5.13.